The number of hydrogen-bond acceptors (Lipinski definition) is 7. The van der Waals surface area contributed by atoms with Crippen LogP contribution in [0.25, 0.3) is 0 Å². The van der Waals surface area contributed by atoms with Crippen molar-refractivity contribution in [3.63, 3.8) is 0 Å². The number of hydrogen-bond donors (Lipinski definition) is 1. The number of nitrogens with two attached hydrogens (primary N) is 1. The molecule has 32 heavy (non-hydrogen) atoms. The summed E-state index contributed by atoms with van der Waals surface area (Å²) in [5, 5.41) is 0. The number of cyclic esters (lactones) is 1. The summed E-state index contributed by atoms with van der Waals surface area (Å²) in [6.07, 6.45) is -4.16. The van der Waals surface area contributed by atoms with E-state index in [4.69, 9.17) is 10.5 Å². The van der Waals surface area contributed by atoms with Crippen molar-refractivity contribution >= 4 is 23.5 Å². The van der Waals surface area contributed by atoms with Crippen LogP contribution in [0.2, 0.25) is 0 Å². The Morgan fingerprint density at radius 1 is 1.28 bits per heavy atom. The van der Waals surface area contributed by atoms with E-state index in [0.717, 1.165) is 6.07 Å². The van der Waals surface area contributed by atoms with Crippen LogP contribution in [0.15, 0.2) is 30.5 Å². The molecule has 2 atom stereocenters. The number of alkyl halides is 3. The summed E-state index contributed by atoms with van der Waals surface area (Å²) in [6, 6.07) is 4.57. The van der Waals surface area contributed by atoms with Crippen LogP contribution in [0.5, 0.6) is 0 Å². The summed E-state index contributed by atoms with van der Waals surface area (Å²) in [6.45, 7) is 4.89. The third-order valence-corrected chi connectivity index (χ3v) is 5.73. The van der Waals surface area contributed by atoms with Gasteiger partial charge in [0, 0.05) is 27.3 Å². The fourth-order valence-corrected chi connectivity index (χ4v) is 4.13. The van der Waals surface area contributed by atoms with E-state index in [1.54, 1.807) is 9.80 Å². The van der Waals surface area contributed by atoms with Crippen LogP contribution in [0.3, 0.4) is 0 Å². The van der Waals surface area contributed by atoms with Crippen molar-refractivity contribution in [3.05, 3.63) is 47.3 Å². The first-order valence-corrected chi connectivity index (χ1v) is 10.1. The van der Waals surface area contributed by atoms with Gasteiger partial charge in [0.2, 0.25) is 5.78 Å². The summed E-state index contributed by atoms with van der Waals surface area (Å²) in [5.74, 6) is -0.846. The van der Waals surface area contributed by atoms with Crippen LogP contribution in [-0.2, 0) is 10.9 Å². The van der Waals surface area contributed by atoms with Crippen molar-refractivity contribution in [3.8, 4) is 0 Å². The molecule has 2 aromatic rings. The van der Waals surface area contributed by atoms with E-state index < -0.39 is 29.3 Å². The molecule has 0 radical (unpaired) electrons. The van der Waals surface area contributed by atoms with Crippen LogP contribution < -0.4 is 10.6 Å². The molecule has 2 aliphatic rings. The first kappa shape index (κ1) is 21.8. The van der Waals surface area contributed by atoms with Gasteiger partial charge >= 0.3 is 12.3 Å². The number of carbonyl (C=O) groups is 2. The molecule has 172 valence electrons. The average Bonchev–Trinajstić information content (AvgIpc) is 3.09. The van der Waals surface area contributed by atoms with Gasteiger partial charge in [-0.05, 0) is 30.2 Å². The zero-order valence-electron chi connectivity index (χ0n) is 17.5. The predicted octanol–water partition coefficient (Wildman–Crippen LogP) is 3.22. The molecule has 1 amide bonds. The lowest BCUT2D eigenvalue weighted by atomic mass is 9.97. The number of carbonyl (C=O) groups excluding carboxylic acids is 2. The highest BCUT2D eigenvalue weighted by molar-refractivity contribution is 6.11. The van der Waals surface area contributed by atoms with Gasteiger partial charge in [0.05, 0.1) is 17.2 Å². The quantitative estimate of drug-likeness (QED) is 0.712. The molecule has 2 unspecified atom stereocenters. The van der Waals surface area contributed by atoms with Crippen LogP contribution >= 0.6 is 0 Å². The molecule has 0 aromatic carbocycles. The third kappa shape index (κ3) is 3.82. The molecule has 2 N–H and O–H groups in total. The predicted molar refractivity (Wildman–Crippen MR) is 111 cm³/mol. The smallest absolute Gasteiger partial charge is 0.418 e. The molecule has 8 nitrogen and oxygen atoms in total. The fourth-order valence-electron chi connectivity index (χ4n) is 4.13. The second kappa shape index (κ2) is 7.95. The van der Waals surface area contributed by atoms with Crippen molar-refractivity contribution in [1.82, 2.24) is 14.9 Å². The maximum absolute atomic E-state index is 13.6. The van der Waals surface area contributed by atoms with E-state index in [1.807, 2.05) is 13.8 Å². The van der Waals surface area contributed by atoms with Gasteiger partial charge in [-0.2, -0.15) is 13.2 Å². The van der Waals surface area contributed by atoms with Gasteiger partial charge < -0.3 is 15.4 Å². The summed E-state index contributed by atoms with van der Waals surface area (Å²) >= 11 is 0. The number of amides is 1. The number of anilines is 2. The Hall–Kier alpha value is -3.37. The maximum Gasteiger partial charge on any atom is 0.418 e. The van der Waals surface area contributed by atoms with Crippen molar-refractivity contribution in [2.24, 2.45) is 5.92 Å². The molecular weight excluding hydrogens is 427 g/mol. The number of pyridine rings is 2. The van der Waals surface area contributed by atoms with Gasteiger partial charge in [0.1, 0.15) is 23.4 Å². The Morgan fingerprint density at radius 3 is 2.69 bits per heavy atom. The molecule has 2 fully saturated rings. The molecule has 4 heterocycles. The van der Waals surface area contributed by atoms with Crippen LogP contribution in [0.4, 0.5) is 29.6 Å². The highest BCUT2D eigenvalue weighted by atomic mass is 19.4. The summed E-state index contributed by atoms with van der Waals surface area (Å²) < 4.78 is 46.4. The first-order valence-electron chi connectivity index (χ1n) is 10.1. The summed E-state index contributed by atoms with van der Waals surface area (Å²) in [5.41, 5.74) is 3.67. The Morgan fingerprint density at radius 2 is 2.03 bits per heavy atom. The van der Waals surface area contributed by atoms with E-state index in [-0.39, 0.29) is 36.7 Å². The number of rotatable bonds is 4. The zero-order valence-corrected chi connectivity index (χ0v) is 17.5. The van der Waals surface area contributed by atoms with Crippen molar-refractivity contribution in [2.45, 2.75) is 32.2 Å². The number of halogens is 3. The maximum atomic E-state index is 13.6. The van der Waals surface area contributed by atoms with Gasteiger partial charge in [-0.3, -0.25) is 9.69 Å². The Kier molecular flexibility index (Phi) is 5.43. The Labute approximate surface area is 183 Å². The number of aromatic nitrogens is 2. The molecule has 11 heteroatoms. The minimum absolute atomic E-state index is 0. The third-order valence-electron chi connectivity index (χ3n) is 5.73. The van der Waals surface area contributed by atoms with E-state index in [2.05, 4.69) is 9.97 Å². The SMILES string of the molecule is CC(C)C1OC(=O)N2CCN(c3ccc(C(F)(F)F)c(C(=O)c4cccnc4N)n3)CC12.[HH]. The van der Waals surface area contributed by atoms with E-state index in [9.17, 15) is 22.8 Å². The first-order chi connectivity index (χ1) is 15.1. The van der Waals surface area contributed by atoms with E-state index in [1.165, 1.54) is 24.4 Å². The largest absolute Gasteiger partial charge is 0.444 e. The highest BCUT2D eigenvalue weighted by Crippen LogP contribution is 2.35. The van der Waals surface area contributed by atoms with Crippen LogP contribution in [0.1, 0.15) is 36.9 Å². The molecule has 4 rings (SSSR count). The van der Waals surface area contributed by atoms with Crippen molar-refractivity contribution < 1.29 is 28.9 Å². The lowest BCUT2D eigenvalue weighted by Crippen LogP contribution is -2.55. The van der Waals surface area contributed by atoms with Crippen molar-refractivity contribution in [2.75, 3.05) is 30.3 Å². The van der Waals surface area contributed by atoms with Gasteiger partial charge in [-0.15, -0.1) is 0 Å². The molecular formula is C21H24F3N5O3. The standard InChI is InChI=1S/C21H22F3N5O3.H2/c1-11(2)18-14-10-28(8-9-29(14)20(31)32-18)15-6-5-13(21(22,23)24)16(27-15)17(30)12-4-3-7-26-19(12)25;/h3-7,11,14,18H,8-10H2,1-2H3,(H2,25,26);1H. The summed E-state index contributed by atoms with van der Waals surface area (Å²) in [4.78, 5) is 36.4. The number of ether oxygens (including phenoxy) is 1. The fraction of sp³-hybridized carbons (Fsp3) is 0.429. The van der Waals surface area contributed by atoms with Gasteiger partial charge in [-0.25, -0.2) is 14.8 Å². The molecule has 0 spiro atoms. The zero-order chi connectivity index (χ0) is 23.2. The summed E-state index contributed by atoms with van der Waals surface area (Å²) in [7, 11) is 0. The number of ketones is 1. The molecule has 2 saturated heterocycles. The normalized spacial score (nSPS) is 21.0. The Bertz CT molecular complexity index is 1070. The lowest BCUT2D eigenvalue weighted by molar-refractivity contribution is -0.138. The molecule has 0 aliphatic carbocycles. The highest BCUT2D eigenvalue weighted by Gasteiger charge is 2.46. The topological polar surface area (TPSA) is 102 Å². The number of fused-ring (bicyclic) bond motifs is 1. The second-order valence-corrected chi connectivity index (χ2v) is 8.13. The Balaban J connectivity index is 0.00000306. The van der Waals surface area contributed by atoms with Crippen LogP contribution in [-0.4, -0.2) is 58.5 Å². The number of nitrogen functional groups attached to an aromatic ring is 1. The molecule has 2 aromatic heterocycles. The number of nitrogens with zero attached hydrogens (tertiary/aromatic N) is 4. The van der Waals surface area contributed by atoms with Gasteiger partial charge in [0.15, 0.2) is 0 Å². The molecule has 2 aliphatic heterocycles. The number of piperazine rings is 1. The van der Waals surface area contributed by atoms with Gasteiger partial charge in [-0.1, -0.05) is 13.8 Å². The lowest BCUT2D eigenvalue weighted by Gasteiger charge is -2.38. The van der Waals surface area contributed by atoms with E-state index in [0.29, 0.717) is 19.6 Å². The molecule has 0 bridgehead atoms. The van der Waals surface area contributed by atoms with Crippen molar-refractivity contribution in [1.29, 1.82) is 0 Å². The monoisotopic (exact) mass is 451 g/mol. The van der Waals surface area contributed by atoms with Crippen LogP contribution in [0, 0.1) is 5.92 Å². The average molecular weight is 451 g/mol. The minimum atomic E-state index is -4.78. The van der Waals surface area contributed by atoms with Gasteiger partial charge in [0.25, 0.3) is 0 Å². The minimum Gasteiger partial charge on any atom is -0.444 e. The second-order valence-electron chi connectivity index (χ2n) is 8.13. The molecule has 0 saturated carbocycles. The van der Waals surface area contributed by atoms with E-state index >= 15 is 0 Å².